The summed E-state index contributed by atoms with van der Waals surface area (Å²) in [6.45, 7) is 14.8. The van der Waals surface area contributed by atoms with Gasteiger partial charge in [-0.15, -0.1) is 0 Å². The van der Waals surface area contributed by atoms with Gasteiger partial charge in [0.15, 0.2) is 0 Å². The predicted octanol–water partition coefficient (Wildman–Crippen LogP) is 21.1. The number of rotatable bonds is 51. The van der Waals surface area contributed by atoms with Crippen LogP contribution in [-0.4, -0.2) is 56.6 Å². The minimum atomic E-state index is -0.740. The molecule has 426 valence electrons. The summed E-state index contributed by atoms with van der Waals surface area (Å²) in [6, 6.07) is 0. The molecule has 1 aliphatic rings. The molecule has 1 aliphatic carbocycles. The van der Waals surface area contributed by atoms with Gasteiger partial charge in [-0.3, -0.25) is 0 Å². The third-order valence-corrected chi connectivity index (χ3v) is 14.8. The topological polar surface area (TPSA) is 107 Å². The molecule has 0 atom stereocenters. The number of carbonyl (C=O) groups is 3. The molecule has 0 aliphatic heterocycles. The van der Waals surface area contributed by atoms with Gasteiger partial charge >= 0.3 is 18.5 Å². The number of unbranched alkanes of at least 4 members (excludes halogenated alkanes) is 36. The van der Waals surface area contributed by atoms with Crippen molar-refractivity contribution in [3.05, 3.63) is 0 Å². The fraction of sp³-hybridized carbons (Fsp3) is 0.952. The Hall–Kier alpha value is -2.19. The fourth-order valence-corrected chi connectivity index (χ4v) is 10.2. The molecule has 0 radical (unpaired) electrons. The van der Waals surface area contributed by atoms with Crippen molar-refractivity contribution in [3.63, 3.8) is 0 Å². The summed E-state index contributed by atoms with van der Waals surface area (Å²) in [5.41, 5.74) is 0. The molecule has 1 rings (SSSR count). The van der Waals surface area contributed by atoms with Gasteiger partial charge in [0.1, 0.15) is 18.3 Å². The first-order chi connectivity index (χ1) is 35.0. The summed E-state index contributed by atoms with van der Waals surface area (Å²) in [7, 11) is 0. The molecule has 0 spiro atoms. The fourth-order valence-electron chi connectivity index (χ4n) is 10.2. The molecule has 1 saturated carbocycles. The van der Waals surface area contributed by atoms with Crippen LogP contribution in [-0.2, 0) is 28.4 Å². The lowest BCUT2D eigenvalue weighted by molar-refractivity contribution is -0.0776. The summed E-state index contributed by atoms with van der Waals surface area (Å²) in [5, 5.41) is 0. The lowest BCUT2D eigenvalue weighted by Crippen LogP contribution is -2.40. The van der Waals surface area contributed by atoms with Crippen molar-refractivity contribution in [3.8, 4) is 0 Å². The Kier molecular flexibility index (Phi) is 48.0. The molecule has 0 saturated heterocycles. The van der Waals surface area contributed by atoms with Gasteiger partial charge in [0.05, 0.1) is 19.8 Å². The van der Waals surface area contributed by atoms with Crippen LogP contribution in [0.1, 0.15) is 330 Å². The first-order valence-electron chi connectivity index (χ1n) is 31.5. The molecule has 0 unspecified atom stereocenters. The highest BCUT2D eigenvalue weighted by molar-refractivity contribution is 5.61. The quantitative estimate of drug-likeness (QED) is 0.0334. The number of hydrogen-bond donors (Lipinski definition) is 0. The van der Waals surface area contributed by atoms with Crippen molar-refractivity contribution < 1.29 is 42.8 Å². The van der Waals surface area contributed by atoms with Gasteiger partial charge < -0.3 is 28.4 Å². The van der Waals surface area contributed by atoms with Crippen LogP contribution in [0.3, 0.4) is 0 Å². The maximum atomic E-state index is 12.8. The summed E-state index contributed by atoms with van der Waals surface area (Å²) >= 11 is 0. The zero-order valence-electron chi connectivity index (χ0n) is 48.6. The van der Waals surface area contributed by atoms with E-state index in [0.717, 1.165) is 75.5 Å². The maximum Gasteiger partial charge on any atom is 0.508 e. The molecule has 9 nitrogen and oxygen atoms in total. The zero-order chi connectivity index (χ0) is 52.4. The van der Waals surface area contributed by atoms with E-state index in [4.69, 9.17) is 28.4 Å². The molecule has 0 N–H and O–H groups in total. The highest BCUT2D eigenvalue weighted by atomic mass is 16.7. The first kappa shape index (κ1) is 67.8. The Morgan fingerprint density at radius 2 is 0.417 bits per heavy atom. The highest BCUT2D eigenvalue weighted by Gasteiger charge is 2.36. The molecule has 0 amide bonds. The van der Waals surface area contributed by atoms with E-state index < -0.39 is 36.8 Å². The lowest BCUT2D eigenvalue weighted by atomic mass is 9.92. The minimum Gasteiger partial charge on any atom is -0.434 e. The molecular weight excluding hydrogens is 901 g/mol. The maximum absolute atomic E-state index is 12.8. The average molecular weight is 1020 g/mol. The smallest absolute Gasteiger partial charge is 0.434 e. The van der Waals surface area contributed by atoms with Crippen LogP contribution in [0.15, 0.2) is 0 Å². The van der Waals surface area contributed by atoms with Crippen molar-refractivity contribution in [1.29, 1.82) is 0 Å². The van der Waals surface area contributed by atoms with Gasteiger partial charge in [0.2, 0.25) is 0 Å². The van der Waals surface area contributed by atoms with E-state index in [2.05, 4.69) is 41.5 Å². The van der Waals surface area contributed by atoms with E-state index in [1.54, 1.807) is 0 Å². The molecule has 0 aromatic heterocycles. The highest BCUT2D eigenvalue weighted by Crippen LogP contribution is 2.28. The molecule has 0 heterocycles. The van der Waals surface area contributed by atoms with Crippen LogP contribution in [0.25, 0.3) is 0 Å². The zero-order valence-corrected chi connectivity index (χ0v) is 48.6. The van der Waals surface area contributed by atoms with Crippen LogP contribution in [0.2, 0.25) is 0 Å². The number of ether oxygens (including phenoxy) is 6. The van der Waals surface area contributed by atoms with Crippen molar-refractivity contribution in [2.45, 2.75) is 349 Å². The second-order valence-electron chi connectivity index (χ2n) is 23.6. The molecule has 72 heavy (non-hydrogen) atoms. The largest absolute Gasteiger partial charge is 0.508 e. The molecule has 0 bridgehead atoms. The van der Waals surface area contributed by atoms with Crippen molar-refractivity contribution in [1.82, 2.24) is 0 Å². The van der Waals surface area contributed by atoms with Gasteiger partial charge in [0, 0.05) is 19.3 Å². The second-order valence-corrected chi connectivity index (χ2v) is 23.6. The summed E-state index contributed by atoms with van der Waals surface area (Å²) in [6.07, 6.45) is 49.8. The molecular formula is C63H120O9. The summed E-state index contributed by atoms with van der Waals surface area (Å²) in [4.78, 5) is 38.4. The molecule has 9 heteroatoms. The monoisotopic (exact) mass is 1020 g/mol. The van der Waals surface area contributed by atoms with Crippen LogP contribution in [0.4, 0.5) is 14.4 Å². The van der Waals surface area contributed by atoms with E-state index in [9.17, 15) is 14.4 Å². The third kappa shape index (κ3) is 48.7. The van der Waals surface area contributed by atoms with E-state index in [1.165, 1.54) is 212 Å². The van der Waals surface area contributed by atoms with Gasteiger partial charge in [-0.05, 0) is 37.0 Å². The Bertz CT molecular complexity index is 1040. The first-order valence-corrected chi connectivity index (χ1v) is 31.5. The van der Waals surface area contributed by atoms with Crippen molar-refractivity contribution in [2.75, 3.05) is 19.8 Å². The molecule has 1 fully saturated rings. The Morgan fingerprint density at radius 1 is 0.264 bits per heavy atom. The van der Waals surface area contributed by atoms with E-state index in [-0.39, 0.29) is 19.3 Å². The van der Waals surface area contributed by atoms with Crippen LogP contribution in [0, 0.1) is 17.8 Å². The van der Waals surface area contributed by atoms with Crippen LogP contribution < -0.4 is 0 Å². The standard InChI is InChI=1S/C63H120O9/c1-55(2)46-40-34-28-22-16-10-7-13-19-25-31-37-43-49-67-61(64)70-58-52-59(71-62(65)68-50-44-38-32-26-20-14-8-11-17-23-29-35-41-47-56(3)4)54-60(53-58)72-63(66)69-51-45-39-33-27-21-15-9-12-18-24-30-36-42-48-57(5)6/h55-60H,7-54H2,1-6H3. The van der Waals surface area contributed by atoms with E-state index >= 15 is 0 Å². The number of carbonyl (C=O) groups excluding carboxylic acids is 3. The van der Waals surface area contributed by atoms with Crippen molar-refractivity contribution >= 4 is 18.5 Å². The normalized spacial score (nSPS) is 15.9. The van der Waals surface area contributed by atoms with Gasteiger partial charge in [-0.1, -0.05) is 292 Å². The van der Waals surface area contributed by atoms with Gasteiger partial charge in [-0.2, -0.15) is 0 Å². The average Bonchev–Trinajstić information content (AvgIpc) is 3.33. The molecule has 0 aromatic rings. The van der Waals surface area contributed by atoms with Crippen molar-refractivity contribution in [2.24, 2.45) is 17.8 Å². The Balaban J connectivity index is 2.33. The lowest BCUT2D eigenvalue weighted by Gasteiger charge is -2.33. The predicted molar refractivity (Wildman–Crippen MR) is 301 cm³/mol. The van der Waals surface area contributed by atoms with Gasteiger partial charge in [-0.25, -0.2) is 14.4 Å². The van der Waals surface area contributed by atoms with Gasteiger partial charge in [0.25, 0.3) is 0 Å². The van der Waals surface area contributed by atoms with E-state index in [0.29, 0.717) is 19.8 Å². The number of hydrogen-bond acceptors (Lipinski definition) is 9. The Morgan fingerprint density at radius 3 is 0.583 bits per heavy atom. The molecule has 0 aromatic carbocycles. The third-order valence-electron chi connectivity index (χ3n) is 14.8. The summed E-state index contributed by atoms with van der Waals surface area (Å²) < 4.78 is 33.5. The van der Waals surface area contributed by atoms with Crippen LogP contribution >= 0.6 is 0 Å². The van der Waals surface area contributed by atoms with Crippen LogP contribution in [0.5, 0.6) is 0 Å². The second kappa shape index (κ2) is 50.9. The van der Waals surface area contributed by atoms with E-state index in [1.807, 2.05) is 0 Å². The Labute approximate surface area is 446 Å². The summed E-state index contributed by atoms with van der Waals surface area (Å²) in [5.74, 6) is 2.49. The minimum absolute atomic E-state index is 0.286. The SMILES string of the molecule is CC(C)CCCCCCCCCCCCCCCOC(=O)OC1CC(OC(=O)OCCCCCCCCCCCCCCCC(C)C)CC(OC(=O)OCCCCCCCCCCCCCCCC(C)C)C1.